The molecule has 0 saturated heterocycles. The molecule has 1 aromatic heterocycles. The van der Waals surface area contributed by atoms with Crippen LogP contribution in [-0.4, -0.2) is 47.1 Å². The van der Waals surface area contributed by atoms with Crippen LogP contribution in [0.4, 0.5) is 0 Å². The van der Waals surface area contributed by atoms with E-state index in [1.807, 2.05) is 13.8 Å². The Kier molecular flexibility index (Phi) is 4.27. The lowest BCUT2D eigenvalue weighted by atomic mass is 9.51. The van der Waals surface area contributed by atoms with Crippen molar-refractivity contribution in [1.82, 2.24) is 0 Å². The zero-order chi connectivity index (χ0) is 22.3. The Morgan fingerprint density at radius 2 is 2.03 bits per heavy atom. The molecule has 0 spiro atoms. The molecule has 2 N–H and O–H groups in total. The van der Waals surface area contributed by atoms with Gasteiger partial charge < -0.3 is 19.4 Å². The summed E-state index contributed by atoms with van der Waals surface area (Å²) in [6.45, 7) is 7.27. The highest BCUT2D eigenvalue weighted by molar-refractivity contribution is 6.14. The molecule has 7 nitrogen and oxygen atoms in total. The van der Waals surface area contributed by atoms with Gasteiger partial charge in [0.15, 0.2) is 11.5 Å². The van der Waals surface area contributed by atoms with Gasteiger partial charge in [0.1, 0.15) is 24.5 Å². The molecule has 1 aliphatic heterocycles. The lowest BCUT2D eigenvalue weighted by Gasteiger charge is -2.52. The number of aliphatic hydroxyl groups is 2. The molecule has 0 aromatic carbocycles. The van der Waals surface area contributed by atoms with Crippen molar-refractivity contribution in [1.29, 1.82) is 0 Å². The third kappa shape index (κ3) is 2.33. The molecule has 3 aliphatic carbocycles. The second-order valence-corrected chi connectivity index (χ2v) is 9.61. The number of carbonyl (C=O) groups is 3. The number of aliphatic hydroxyl groups excluding tert-OH is 2. The molecule has 4 aliphatic rings. The number of furan rings is 1. The van der Waals surface area contributed by atoms with E-state index in [0.29, 0.717) is 23.1 Å². The van der Waals surface area contributed by atoms with E-state index in [-0.39, 0.29) is 41.8 Å². The maximum Gasteiger partial charge on any atom is 0.342 e. The lowest BCUT2D eigenvalue weighted by molar-refractivity contribution is -0.126. The first kappa shape index (κ1) is 20.4. The van der Waals surface area contributed by atoms with Crippen molar-refractivity contribution in [2.45, 2.75) is 51.0 Å². The molecule has 5 rings (SSSR count). The predicted molar refractivity (Wildman–Crippen MR) is 108 cm³/mol. The van der Waals surface area contributed by atoms with Crippen molar-refractivity contribution < 1.29 is 33.8 Å². The fraction of sp³-hybridized carbons (Fsp3) is 0.542. The molecule has 0 amide bonds. The van der Waals surface area contributed by atoms with E-state index < -0.39 is 35.4 Å². The SMILES string of the molecule is C=C1CCC2C3=C([C@H](C(=O)CO)C[C@]12C)[C@]1(C)c2c(coc2C3=O)C(=O)O[C@@H]1CCO. The van der Waals surface area contributed by atoms with Gasteiger partial charge >= 0.3 is 5.97 Å². The first-order chi connectivity index (χ1) is 14.7. The molecular formula is C24H26O7. The summed E-state index contributed by atoms with van der Waals surface area (Å²) in [5, 5.41) is 19.5. The fourth-order valence-corrected chi connectivity index (χ4v) is 6.69. The van der Waals surface area contributed by atoms with Gasteiger partial charge in [-0.25, -0.2) is 4.79 Å². The van der Waals surface area contributed by atoms with Crippen LogP contribution < -0.4 is 0 Å². The molecule has 0 bridgehead atoms. The van der Waals surface area contributed by atoms with E-state index in [0.717, 1.165) is 18.4 Å². The van der Waals surface area contributed by atoms with E-state index in [2.05, 4.69) is 6.58 Å². The quantitative estimate of drug-likeness (QED) is 0.562. The molecule has 5 atom stereocenters. The van der Waals surface area contributed by atoms with Crippen LogP contribution in [0.3, 0.4) is 0 Å². The number of hydrogen-bond acceptors (Lipinski definition) is 7. The maximum atomic E-state index is 13.8. The summed E-state index contributed by atoms with van der Waals surface area (Å²) in [5.41, 5.74) is 1.35. The van der Waals surface area contributed by atoms with Crippen molar-refractivity contribution >= 4 is 17.5 Å². The van der Waals surface area contributed by atoms with Crippen LogP contribution in [0.15, 0.2) is 34.0 Å². The first-order valence-corrected chi connectivity index (χ1v) is 10.7. The Morgan fingerprint density at radius 1 is 1.29 bits per heavy atom. The Bertz CT molecular complexity index is 1080. The first-order valence-electron chi connectivity index (χ1n) is 10.7. The molecule has 7 heteroatoms. The highest BCUT2D eigenvalue weighted by Gasteiger charge is 2.63. The number of esters is 1. The highest BCUT2D eigenvalue weighted by Crippen LogP contribution is 2.64. The van der Waals surface area contributed by atoms with Gasteiger partial charge in [-0.05, 0) is 43.1 Å². The van der Waals surface area contributed by atoms with Crippen LogP contribution in [0.25, 0.3) is 0 Å². The van der Waals surface area contributed by atoms with Crippen LogP contribution in [0.1, 0.15) is 66.0 Å². The van der Waals surface area contributed by atoms with Gasteiger partial charge in [-0.2, -0.15) is 0 Å². The monoisotopic (exact) mass is 426 g/mol. The Morgan fingerprint density at radius 3 is 2.71 bits per heavy atom. The van der Waals surface area contributed by atoms with Crippen LogP contribution in [0, 0.1) is 17.3 Å². The number of rotatable bonds is 4. The number of carbonyl (C=O) groups excluding carboxylic acids is 3. The summed E-state index contributed by atoms with van der Waals surface area (Å²) in [5.74, 6) is -1.98. The predicted octanol–water partition coefficient (Wildman–Crippen LogP) is 2.51. The van der Waals surface area contributed by atoms with E-state index >= 15 is 0 Å². The van der Waals surface area contributed by atoms with Crippen molar-refractivity contribution in [3.05, 3.63) is 46.4 Å². The smallest absolute Gasteiger partial charge is 0.342 e. The zero-order valence-electron chi connectivity index (χ0n) is 17.7. The number of fused-ring (bicyclic) bond motifs is 3. The molecule has 0 radical (unpaired) electrons. The molecular weight excluding hydrogens is 400 g/mol. The van der Waals surface area contributed by atoms with Crippen LogP contribution in [0.2, 0.25) is 0 Å². The number of Topliss-reactive ketones (excluding diaryl/α,β-unsaturated/α-hetero) is 2. The van der Waals surface area contributed by atoms with Crippen molar-refractivity contribution in [3.8, 4) is 0 Å². The average molecular weight is 426 g/mol. The Hall–Kier alpha value is -2.51. The second-order valence-electron chi connectivity index (χ2n) is 9.61. The largest absolute Gasteiger partial charge is 0.460 e. The molecule has 31 heavy (non-hydrogen) atoms. The molecule has 1 fully saturated rings. The molecule has 1 aromatic rings. The van der Waals surface area contributed by atoms with Gasteiger partial charge in [-0.3, -0.25) is 9.59 Å². The minimum atomic E-state index is -1.00. The Balaban J connectivity index is 1.85. The third-order valence-corrected chi connectivity index (χ3v) is 8.30. The minimum absolute atomic E-state index is 0.118. The van der Waals surface area contributed by atoms with Gasteiger partial charge in [0.25, 0.3) is 0 Å². The minimum Gasteiger partial charge on any atom is -0.460 e. The topological polar surface area (TPSA) is 114 Å². The van der Waals surface area contributed by atoms with Crippen LogP contribution in [0.5, 0.6) is 0 Å². The number of cyclic esters (lactones) is 1. The number of hydrogen-bond donors (Lipinski definition) is 2. The van der Waals surface area contributed by atoms with Crippen molar-refractivity contribution in [2.24, 2.45) is 17.3 Å². The van der Waals surface area contributed by atoms with E-state index in [9.17, 15) is 24.6 Å². The van der Waals surface area contributed by atoms with Gasteiger partial charge in [0, 0.05) is 30.1 Å². The average Bonchev–Trinajstić information content (AvgIpc) is 3.32. The van der Waals surface area contributed by atoms with Gasteiger partial charge in [0.05, 0.1) is 5.41 Å². The molecule has 1 saturated carbocycles. The summed E-state index contributed by atoms with van der Waals surface area (Å²) in [6.07, 6.45) is 2.60. The van der Waals surface area contributed by atoms with Crippen LogP contribution >= 0.6 is 0 Å². The summed E-state index contributed by atoms with van der Waals surface area (Å²) < 4.78 is 11.4. The summed E-state index contributed by atoms with van der Waals surface area (Å²) >= 11 is 0. The van der Waals surface area contributed by atoms with Gasteiger partial charge in [-0.15, -0.1) is 0 Å². The number of ether oxygens (including phenoxy) is 1. The summed E-state index contributed by atoms with van der Waals surface area (Å²) in [6, 6.07) is 0. The fourth-order valence-electron chi connectivity index (χ4n) is 6.69. The summed E-state index contributed by atoms with van der Waals surface area (Å²) in [4.78, 5) is 39.4. The number of allylic oxidation sites excluding steroid dienone is 2. The maximum absolute atomic E-state index is 13.8. The highest BCUT2D eigenvalue weighted by atomic mass is 16.5. The van der Waals surface area contributed by atoms with E-state index in [4.69, 9.17) is 9.15 Å². The van der Waals surface area contributed by atoms with Gasteiger partial charge in [-0.1, -0.05) is 19.1 Å². The summed E-state index contributed by atoms with van der Waals surface area (Å²) in [7, 11) is 0. The lowest BCUT2D eigenvalue weighted by Crippen LogP contribution is -2.55. The van der Waals surface area contributed by atoms with Crippen molar-refractivity contribution in [3.63, 3.8) is 0 Å². The van der Waals surface area contributed by atoms with Gasteiger partial charge in [0.2, 0.25) is 5.78 Å². The zero-order valence-corrected chi connectivity index (χ0v) is 17.7. The van der Waals surface area contributed by atoms with Crippen LogP contribution in [-0.2, 0) is 14.9 Å². The number of ketones is 2. The van der Waals surface area contributed by atoms with E-state index in [1.165, 1.54) is 6.26 Å². The Labute approximate surface area is 179 Å². The third-order valence-electron chi connectivity index (χ3n) is 8.30. The second kappa shape index (κ2) is 6.50. The van der Waals surface area contributed by atoms with Crippen molar-refractivity contribution in [2.75, 3.05) is 13.2 Å². The molecule has 2 heterocycles. The van der Waals surface area contributed by atoms with E-state index in [1.54, 1.807) is 0 Å². The standard InChI is InChI=1S/C24H26O7/c1-11-4-5-14-17-18(12(15(27)9-26)8-23(11,14)2)24(3)16(6-7-25)31-22(29)13-10-30-21(19(13)24)20(17)28/h10,12,14,16,25-26H,1,4-9H2,2-3H3/t12-,14?,16+,23+,24+/m0/s1. The molecule has 164 valence electrons. The molecule has 1 unspecified atom stereocenters. The normalized spacial score (nSPS) is 36.1.